The highest BCUT2D eigenvalue weighted by atomic mass is 19.1. The molecule has 0 saturated carbocycles. The quantitative estimate of drug-likeness (QED) is 0.781. The fourth-order valence-corrected chi connectivity index (χ4v) is 2.09. The van der Waals surface area contributed by atoms with Gasteiger partial charge in [0, 0.05) is 0 Å². The Morgan fingerprint density at radius 2 is 1.76 bits per heavy atom. The SMILES string of the molecule is CCNCCc1ccc(COc2cc(C)ccc2F)cc1. The van der Waals surface area contributed by atoms with Gasteiger partial charge in [-0.25, -0.2) is 4.39 Å². The molecule has 0 heterocycles. The van der Waals surface area contributed by atoms with Gasteiger partial charge < -0.3 is 10.1 Å². The van der Waals surface area contributed by atoms with Crippen LogP contribution in [0.25, 0.3) is 0 Å². The minimum absolute atomic E-state index is 0.311. The normalized spacial score (nSPS) is 10.6. The Bertz CT molecular complexity index is 566. The Kier molecular flexibility index (Phi) is 5.76. The Labute approximate surface area is 126 Å². The van der Waals surface area contributed by atoms with Gasteiger partial charge in [-0.3, -0.25) is 0 Å². The van der Waals surface area contributed by atoms with Crippen LogP contribution >= 0.6 is 0 Å². The standard InChI is InChI=1S/C18H22FNO/c1-3-20-11-10-15-5-7-16(8-6-15)13-21-18-12-14(2)4-9-17(18)19/h4-9,12,20H,3,10-11,13H2,1-2H3. The molecule has 1 N–H and O–H groups in total. The summed E-state index contributed by atoms with van der Waals surface area (Å²) in [5.41, 5.74) is 3.33. The number of ether oxygens (including phenoxy) is 1. The minimum atomic E-state index is -0.317. The average molecular weight is 287 g/mol. The van der Waals surface area contributed by atoms with E-state index < -0.39 is 0 Å². The summed E-state index contributed by atoms with van der Waals surface area (Å²) in [5, 5.41) is 3.30. The number of hydrogen-bond acceptors (Lipinski definition) is 2. The number of benzene rings is 2. The molecule has 112 valence electrons. The molecule has 2 aromatic rings. The molecule has 0 aliphatic carbocycles. The van der Waals surface area contributed by atoms with E-state index in [1.165, 1.54) is 11.6 Å². The Balaban J connectivity index is 1.90. The number of nitrogens with one attached hydrogen (secondary N) is 1. The van der Waals surface area contributed by atoms with Gasteiger partial charge in [-0.2, -0.15) is 0 Å². The lowest BCUT2D eigenvalue weighted by atomic mass is 10.1. The molecule has 21 heavy (non-hydrogen) atoms. The van der Waals surface area contributed by atoms with Crippen molar-refractivity contribution in [1.29, 1.82) is 0 Å². The zero-order valence-corrected chi connectivity index (χ0v) is 12.7. The summed E-state index contributed by atoms with van der Waals surface area (Å²) in [6, 6.07) is 13.2. The van der Waals surface area contributed by atoms with E-state index in [-0.39, 0.29) is 5.82 Å². The van der Waals surface area contributed by atoms with Gasteiger partial charge in [-0.05, 0) is 55.3 Å². The summed E-state index contributed by atoms with van der Waals surface area (Å²) in [7, 11) is 0. The van der Waals surface area contributed by atoms with Crippen molar-refractivity contribution in [3.8, 4) is 5.75 Å². The highest BCUT2D eigenvalue weighted by molar-refractivity contribution is 5.30. The van der Waals surface area contributed by atoms with Gasteiger partial charge in [0.1, 0.15) is 6.61 Å². The fourth-order valence-electron chi connectivity index (χ4n) is 2.09. The maximum atomic E-state index is 13.6. The molecule has 2 aromatic carbocycles. The van der Waals surface area contributed by atoms with Gasteiger partial charge in [0.05, 0.1) is 0 Å². The first-order chi connectivity index (χ1) is 10.2. The van der Waals surface area contributed by atoms with E-state index in [9.17, 15) is 4.39 Å². The summed E-state index contributed by atoms with van der Waals surface area (Å²) < 4.78 is 19.1. The van der Waals surface area contributed by atoms with Gasteiger partial charge in [0.25, 0.3) is 0 Å². The smallest absolute Gasteiger partial charge is 0.165 e. The molecule has 0 spiro atoms. The molecule has 0 saturated heterocycles. The first-order valence-corrected chi connectivity index (χ1v) is 7.36. The highest BCUT2D eigenvalue weighted by Crippen LogP contribution is 2.19. The lowest BCUT2D eigenvalue weighted by Crippen LogP contribution is -2.15. The average Bonchev–Trinajstić information content (AvgIpc) is 2.50. The van der Waals surface area contributed by atoms with Crippen LogP contribution in [0.4, 0.5) is 4.39 Å². The number of rotatable bonds is 7. The summed E-state index contributed by atoms with van der Waals surface area (Å²) >= 11 is 0. The van der Waals surface area contributed by atoms with Crippen molar-refractivity contribution in [1.82, 2.24) is 5.32 Å². The highest BCUT2D eigenvalue weighted by Gasteiger charge is 2.04. The predicted octanol–water partition coefficient (Wildman–Crippen LogP) is 3.87. The molecular formula is C18H22FNO. The van der Waals surface area contributed by atoms with Crippen LogP contribution in [0.5, 0.6) is 5.75 Å². The van der Waals surface area contributed by atoms with Crippen LogP contribution in [0.15, 0.2) is 42.5 Å². The van der Waals surface area contributed by atoms with Gasteiger partial charge in [-0.15, -0.1) is 0 Å². The Hall–Kier alpha value is -1.87. The predicted molar refractivity (Wildman–Crippen MR) is 84.2 cm³/mol. The molecule has 0 radical (unpaired) electrons. The molecule has 0 aliphatic rings. The molecule has 0 bridgehead atoms. The monoisotopic (exact) mass is 287 g/mol. The zero-order valence-electron chi connectivity index (χ0n) is 12.7. The van der Waals surface area contributed by atoms with Gasteiger partial charge in [0.2, 0.25) is 0 Å². The van der Waals surface area contributed by atoms with Crippen LogP contribution in [0.2, 0.25) is 0 Å². The zero-order chi connectivity index (χ0) is 15.1. The molecule has 0 aromatic heterocycles. The van der Waals surface area contributed by atoms with Crippen molar-refractivity contribution in [2.45, 2.75) is 26.9 Å². The van der Waals surface area contributed by atoms with E-state index in [0.717, 1.165) is 30.6 Å². The molecular weight excluding hydrogens is 265 g/mol. The topological polar surface area (TPSA) is 21.3 Å². The second-order valence-electron chi connectivity index (χ2n) is 5.14. The molecule has 3 heteroatoms. The summed E-state index contributed by atoms with van der Waals surface area (Å²) in [6.45, 7) is 6.39. The van der Waals surface area contributed by atoms with E-state index in [1.54, 1.807) is 12.1 Å². The van der Waals surface area contributed by atoms with Crippen molar-refractivity contribution in [3.05, 3.63) is 65.0 Å². The first kappa shape index (κ1) is 15.5. The van der Waals surface area contributed by atoms with Gasteiger partial charge >= 0.3 is 0 Å². The van der Waals surface area contributed by atoms with Crippen LogP contribution < -0.4 is 10.1 Å². The van der Waals surface area contributed by atoms with E-state index >= 15 is 0 Å². The van der Waals surface area contributed by atoms with E-state index in [0.29, 0.717) is 12.4 Å². The third-order valence-electron chi connectivity index (χ3n) is 3.34. The lowest BCUT2D eigenvalue weighted by molar-refractivity contribution is 0.290. The second-order valence-corrected chi connectivity index (χ2v) is 5.14. The molecule has 0 amide bonds. The number of hydrogen-bond donors (Lipinski definition) is 1. The fraction of sp³-hybridized carbons (Fsp3) is 0.333. The van der Waals surface area contributed by atoms with E-state index in [4.69, 9.17) is 4.74 Å². The van der Waals surface area contributed by atoms with Crippen molar-refractivity contribution in [2.24, 2.45) is 0 Å². The molecule has 0 aliphatic heterocycles. The van der Waals surface area contributed by atoms with Crippen molar-refractivity contribution in [3.63, 3.8) is 0 Å². The van der Waals surface area contributed by atoms with Crippen LogP contribution in [0, 0.1) is 12.7 Å². The second kappa shape index (κ2) is 7.79. The van der Waals surface area contributed by atoms with E-state index in [1.807, 2.05) is 19.1 Å². The molecule has 2 rings (SSSR count). The summed E-state index contributed by atoms with van der Waals surface area (Å²) in [4.78, 5) is 0. The van der Waals surface area contributed by atoms with E-state index in [2.05, 4.69) is 24.4 Å². The Morgan fingerprint density at radius 1 is 1.05 bits per heavy atom. The molecule has 2 nitrogen and oxygen atoms in total. The number of halogens is 1. The summed E-state index contributed by atoms with van der Waals surface area (Å²) in [6.07, 6.45) is 1.02. The Morgan fingerprint density at radius 3 is 2.48 bits per heavy atom. The number of aryl methyl sites for hydroxylation is 1. The van der Waals surface area contributed by atoms with Gasteiger partial charge in [0.15, 0.2) is 11.6 Å². The maximum absolute atomic E-state index is 13.6. The molecule has 0 atom stereocenters. The van der Waals surface area contributed by atoms with Crippen molar-refractivity contribution >= 4 is 0 Å². The minimum Gasteiger partial charge on any atom is -0.486 e. The van der Waals surface area contributed by atoms with Crippen LogP contribution in [-0.2, 0) is 13.0 Å². The van der Waals surface area contributed by atoms with Crippen molar-refractivity contribution in [2.75, 3.05) is 13.1 Å². The first-order valence-electron chi connectivity index (χ1n) is 7.36. The number of likely N-dealkylation sites (N-methyl/N-ethyl adjacent to an activating group) is 1. The van der Waals surface area contributed by atoms with Gasteiger partial charge in [-0.1, -0.05) is 37.3 Å². The van der Waals surface area contributed by atoms with Crippen LogP contribution in [0.3, 0.4) is 0 Å². The van der Waals surface area contributed by atoms with Crippen LogP contribution in [0.1, 0.15) is 23.6 Å². The van der Waals surface area contributed by atoms with Crippen molar-refractivity contribution < 1.29 is 9.13 Å². The third-order valence-corrected chi connectivity index (χ3v) is 3.34. The molecule has 0 unspecified atom stereocenters. The largest absolute Gasteiger partial charge is 0.486 e. The summed E-state index contributed by atoms with van der Waals surface area (Å²) in [5.74, 6) is -0.00548. The lowest BCUT2D eigenvalue weighted by Gasteiger charge is -2.09. The van der Waals surface area contributed by atoms with Crippen LogP contribution in [-0.4, -0.2) is 13.1 Å². The molecule has 0 fully saturated rings. The third kappa shape index (κ3) is 4.87. The maximum Gasteiger partial charge on any atom is 0.165 e.